The quantitative estimate of drug-likeness (QED) is 0.803. The smallest absolute Gasteiger partial charge is 0.152 e. The maximum absolute atomic E-state index is 13.5. The van der Waals surface area contributed by atoms with Gasteiger partial charge in [0.2, 0.25) is 0 Å². The molecule has 0 spiro atoms. The van der Waals surface area contributed by atoms with Crippen molar-refractivity contribution < 1.29 is 8.78 Å². The number of aryl methyl sites for hydroxylation is 1. The third kappa shape index (κ3) is 3.18. The molecule has 1 aromatic rings. The summed E-state index contributed by atoms with van der Waals surface area (Å²) in [6.45, 7) is 6.37. The summed E-state index contributed by atoms with van der Waals surface area (Å²) in [5, 5.41) is 2.80. The summed E-state index contributed by atoms with van der Waals surface area (Å²) in [5.74, 6) is -0.492. The van der Waals surface area contributed by atoms with Gasteiger partial charge in [0.15, 0.2) is 5.82 Å². The summed E-state index contributed by atoms with van der Waals surface area (Å²) < 4.78 is 26.7. The lowest BCUT2D eigenvalue weighted by molar-refractivity contribution is 0.572. The van der Waals surface area contributed by atoms with E-state index in [1.165, 1.54) is 12.1 Å². The molecule has 0 fully saturated rings. The minimum atomic E-state index is -0.526. The first kappa shape index (κ1) is 12.0. The lowest BCUT2D eigenvalue weighted by Gasteiger charge is -2.11. The van der Waals surface area contributed by atoms with Gasteiger partial charge in [-0.25, -0.2) is 8.78 Å². The molecule has 0 aromatic heterocycles. The highest BCUT2D eigenvalue weighted by molar-refractivity contribution is 5.48. The number of anilines is 1. The lowest BCUT2D eigenvalue weighted by atomic mass is 10.1. The molecule has 1 rings (SSSR count). The molecule has 0 unspecified atom stereocenters. The zero-order valence-electron chi connectivity index (χ0n) is 9.40. The molecule has 0 saturated heterocycles. The molecule has 0 radical (unpaired) electrons. The zero-order valence-corrected chi connectivity index (χ0v) is 9.40. The van der Waals surface area contributed by atoms with Crippen LogP contribution in [0.1, 0.15) is 25.8 Å². The van der Waals surface area contributed by atoms with Gasteiger partial charge in [-0.1, -0.05) is 19.9 Å². The Morgan fingerprint density at radius 3 is 2.53 bits per heavy atom. The molecule has 3 heteroatoms. The summed E-state index contributed by atoms with van der Waals surface area (Å²) in [4.78, 5) is 0. The average Bonchev–Trinajstić information content (AvgIpc) is 2.17. The maximum atomic E-state index is 13.5. The predicted molar refractivity (Wildman–Crippen MR) is 59.0 cm³/mol. The average molecular weight is 213 g/mol. The second-order valence-corrected chi connectivity index (χ2v) is 4.16. The van der Waals surface area contributed by atoms with Gasteiger partial charge in [0, 0.05) is 6.54 Å². The van der Waals surface area contributed by atoms with Crippen molar-refractivity contribution in [3.05, 3.63) is 29.3 Å². The van der Waals surface area contributed by atoms with E-state index in [1.807, 2.05) is 0 Å². The van der Waals surface area contributed by atoms with Crippen molar-refractivity contribution in [2.45, 2.75) is 27.2 Å². The van der Waals surface area contributed by atoms with Gasteiger partial charge in [-0.15, -0.1) is 0 Å². The summed E-state index contributed by atoms with van der Waals surface area (Å²) >= 11 is 0. The summed E-state index contributed by atoms with van der Waals surface area (Å²) in [7, 11) is 0. The van der Waals surface area contributed by atoms with Crippen LogP contribution in [0.4, 0.5) is 14.5 Å². The highest BCUT2D eigenvalue weighted by Gasteiger charge is 2.10. The first-order valence-electron chi connectivity index (χ1n) is 5.21. The van der Waals surface area contributed by atoms with E-state index < -0.39 is 11.6 Å². The molecular weight excluding hydrogens is 196 g/mol. The van der Waals surface area contributed by atoms with Gasteiger partial charge in [0.25, 0.3) is 0 Å². The summed E-state index contributed by atoms with van der Waals surface area (Å²) in [6.07, 6.45) is 0.896. The van der Waals surface area contributed by atoms with Crippen molar-refractivity contribution in [2.75, 3.05) is 11.9 Å². The largest absolute Gasteiger partial charge is 0.380 e. The third-order valence-electron chi connectivity index (χ3n) is 2.31. The number of hydrogen-bond acceptors (Lipinski definition) is 1. The Morgan fingerprint density at radius 2 is 1.93 bits per heavy atom. The summed E-state index contributed by atoms with van der Waals surface area (Å²) in [6, 6.07) is 2.73. The van der Waals surface area contributed by atoms with Crippen LogP contribution in [0.15, 0.2) is 12.1 Å². The topological polar surface area (TPSA) is 12.0 Å². The molecule has 15 heavy (non-hydrogen) atoms. The minimum Gasteiger partial charge on any atom is -0.380 e. The Bertz CT molecular complexity index is 335. The van der Waals surface area contributed by atoms with Gasteiger partial charge >= 0.3 is 0 Å². The molecule has 84 valence electrons. The maximum Gasteiger partial charge on any atom is 0.152 e. The molecule has 0 saturated carbocycles. The molecule has 0 amide bonds. The van der Waals surface area contributed by atoms with E-state index in [0.29, 0.717) is 18.0 Å². The van der Waals surface area contributed by atoms with Crippen LogP contribution in [-0.4, -0.2) is 6.54 Å². The van der Waals surface area contributed by atoms with Crippen LogP contribution in [0.2, 0.25) is 0 Å². The number of halogens is 2. The van der Waals surface area contributed by atoms with Crippen LogP contribution >= 0.6 is 0 Å². The van der Waals surface area contributed by atoms with E-state index in [0.717, 1.165) is 6.42 Å². The molecule has 0 heterocycles. The molecule has 0 bridgehead atoms. The SMILES string of the molecule is Cc1ccc(F)c(NCCC(C)C)c1F. The van der Waals surface area contributed by atoms with Crippen molar-refractivity contribution in [3.8, 4) is 0 Å². The molecule has 1 N–H and O–H groups in total. The van der Waals surface area contributed by atoms with E-state index >= 15 is 0 Å². The van der Waals surface area contributed by atoms with Crippen molar-refractivity contribution in [1.29, 1.82) is 0 Å². The fourth-order valence-corrected chi connectivity index (χ4v) is 1.30. The van der Waals surface area contributed by atoms with Gasteiger partial charge in [-0.2, -0.15) is 0 Å². The van der Waals surface area contributed by atoms with Crippen LogP contribution in [0, 0.1) is 24.5 Å². The monoisotopic (exact) mass is 213 g/mol. The van der Waals surface area contributed by atoms with Gasteiger partial charge in [-0.3, -0.25) is 0 Å². The first-order valence-corrected chi connectivity index (χ1v) is 5.21. The number of rotatable bonds is 4. The van der Waals surface area contributed by atoms with Gasteiger partial charge in [-0.05, 0) is 30.9 Å². The Balaban J connectivity index is 2.71. The molecule has 0 aliphatic carbocycles. The molecule has 0 aliphatic heterocycles. The fraction of sp³-hybridized carbons (Fsp3) is 0.500. The van der Waals surface area contributed by atoms with E-state index in [2.05, 4.69) is 19.2 Å². The van der Waals surface area contributed by atoms with E-state index in [4.69, 9.17) is 0 Å². The van der Waals surface area contributed by atoms with E-state index in [-0.39, 0.29) is 5.69 Å². The standard InChI is InChI=1S/C12H17F2N/c1-8(2)6-7-15-12-10(13)5-4-9(3)11(12)14/h4-5,8,15H,6-7H2,1-3H3. The lowest BCUT2D eigenvalue weighted by Crippen LogP contribution is -2.08. The zero-order chi connectivity index (χ0) is 11.4. The van der Waals surface area contributed by atoms with Crippen LogP contribution < -0.4 is 5.32 Å². The minimum absolute atomic E-state index is 0.00403. The molecule has 0 aliphatic rings. The van der Waals surface area contributed by atoms with Gasteiger partial charge < -0.3 is 5.32 Å². The molecule has 1 aromatic carbocycles. The molecule has 0 atom stereocenters. The highest BCUT2D eigenvalue weighted by Crippen LogP contribution is 2.21. The Hall–Kier alpha value is -1.12. The number of nitrogens with one attached hydrogen (secondary N) is 1. The molecular formula is C12H17F2N. The normalized spacial score (nSPS) is 10.8. The van der Waals surface area contributed by atoms with Gasteiger partial charge in [0.1, 0.15) is 11.5 Å². The Labute approximate surface area is 89.5 Å². The summed E-state index contributed by atoms with van der Waals surface area (Å²) in [5.41, 5.74) is 0.457. The van der Waals surface area contributed by atoms with Crippen molar-refractivity contribution >= 4 is 5.69 Å². The van der Waals surface area contributed by atoms with Crippen LogP contribution in [0.3, 0.4) is 0 Å². The first-order chi connectivity index (χ1) is 7.02. The van der Waals surface area contributed by atoms with Crippen LogP contribution in [0.5, 0.6) is 0 Å². The van der Waals surface area contributed by atoms with Crippen molar-refractivity contribution in [3.63, 3.8) is 0 Å². The predicted octanol–water partition coefficient (Wildman–Crippen LogP) is 3.73. The third-order valence-corrected chi connectivity index (χ3v) is 2.31. The second-order valence-electron chi connectivity index (χ2n) is 4.16. The van der Waals surface area contributed by atoms with Crippen molar-refractivity contribution in [2.24, 2.45) is 5.92 Å². The van der Waals surface area contributed by atoms with Crippen LogP contribution in [0.25, 0.3) is 0 Å². The Morgan fingerprint density at radius 1 is 1.27 bits per heavy atom. The molecule has 1 nitrogen and oxygen atoms in total. The Kier molecular flexibility index (Phi) is 4.06. The van der Waals surface area contributed by atoms with Crippen molar-refractivity contribution in [1.82, 2.24) is 0 Å². The van der Waals surface area contributed by atoms with Gasteiger partial charge in [0.05, 0.1) is 0 Å². The number of benzene rings is 1. The number of hydrogen-bond donors (Lipinski definition) is 1. The van der Waals surface area contributed by atoms with Crippen LogP contribution in [-0.2, 0) is 0 Å². The van der Waals surface area contributed by atoms with E-state index in [1.54, 1.807) is 6.92 Å². The highest BCUT2D eigenvalue weighted by atomic mass is 19.1. The fourth-order valence-electron chi connectivity index (χ4n) is 1.30. The van der Waals surface area contributed by atoms with E-state index in [9.17, 15) is 8.78 Å². The second kappa shape index (κ2) is 5.10.